The first-order chi connectivity index (χ1) is 16.2. The normalized spacial score (nSPS) is 14.7. The van der Waals surface area contributed by atoms with E-state index >= 15 is 0 Å². The number of amides is 2. The fourth-order valence-corrected chi connectivity index (χ4v) is 3.32. The Morgan fingerprint density at radius 1 is 1.06 bits per heavy atom. The van der Waals surface area contributed by atoms with Crippen LogP contribution in [0.5, 0.6) is 0 Å². The first-order valence-corrected chi connectivity index (χ1v) is 11.9. The molecule has 0 fully saturated rings. The number of rotatable bonds is 18. The van der Waals surface area contributed by atoms with Crippen molar-refractivity contribution in [2.45, 2.75) is 102 Å². The molecular weight excluding hydrogens is 446 g/mol. The monoisotopic (exact) mass is 485 g/mol. The molecule has 7 N–H and O–H groups in total. The second-order valence-corrected chi connectivity index (χ2v) is 8.46. The second kappa shape index (κ2) is 16.1. The van der Waals surface area contributed by atoms with Gasteiger partial charge in [0, 0.05) is 12.8 Å². The Morgan fingerprint density at radius 3 is 2.29 bits per heavy atom. The van der Waals surface area contributed by atoms with Gasteiger partial charge in [-0.25, -0.2) is 9.59 Å². The highest BCUT2D eigenvalue weighted by Crippen LogP contribution is 2.20. The van der Waals surface area contributed by atoms with Gasteiger partial charge in [0.05, 0.1) is 18.8 Å². The number of ketones is 1. The average Bonchev–Trinajstić information content (AvgIpc) is 3.28. The molecule has 34 heavy (non-hydrogen) atoms. The third-order valence-corrected chi connectivity index (χ3v) is 5.40. The van der Waals surface area contributed by atoms with Gasteiger partial charge in [-0.2, -0.15) is 4.98 Å². The third-order valence-electron chi connectivity index (χ3n) is 5.40. The van der Waals surface area contributed by atoms with Gasteiger partial charge in [-0.05, 0) is 19.8 Å². The van der Waals surface area contributed by atoms with Crippen LogP contribution < -0.4 is 16.4 Å². The lowest BCUT2D eigenvalue weighted by molar-refractivity contribution is -0.141. The van der Waals surface area contributed by atoms with Gasteiger partial charge < -0.3 is 36.2 Å². The summed E-state index contributed by atoms with van der Waals surface area (Å²) in [6.45, 7) is 2.99. The average molecular weight is 486 g/mol. The van der Waals surface area contributed by atoms with E-state index in [1.54, 1.807) is 0 Å². The highest BCUT2D eigenvalue weighted by atomic mass is 16.5. The van der Waals surface area contributed by atoms with Crippen molar-refractivity contribution >= 4 is 17.8 Å². The molecule has 1 aromatic rings. The van der Waals surface area contributed by atoms with Crippen LogP contribution in [0.2, 0.25) is 0 Å². The number of aromatic nitrogens is 2. The molecule has 1 unspecified atom stereocenters. The molecule has 0 aliphatic carbocycles. The van der Waals surface area contributed by atoms with Crippen molar-refractivity contribution in [2.24, 2.45) is 5.73 Å². The molecule has 1 rings (SSSR count). The lowest BCUT2D eigenvalue weighted by Gasteiger charge is -2.20. The van der Waals surface area contributed by atoms with Crippen molar-refractivity contribution in [2.75, 3.05) is 6.61 Å². The highest BCUT2D eigenvalue weighted by molar-refractivity contribution is 5.83. The number of aliphatic hydroxyl groups excluding tert-OH is 2. The van der Waals surface area contributed by atoms with Crippen molar-refractivity contribution in [3.05, 3.63) is 11.7 Å². The fourth-order valence-electron chi connectivity index (χ4n) is 3.32. The van der Waals surface area contributed by atoms with Crippen molar-refractivity contribution in [1.82, 2.24) is 20.8 Å². The molecule has 0 saturated carbocycles. The molecule has 1 heterocycles. The van der Waals surface area contributed by atoms with Gasteiger partial charge in [0.1, 0.15) is 11.8 Å². The SMILES string of the molecule is CCCCCCCCCC(=O)CC[C@H](NC(=O)N[C@H](C(=O)O)C(C)O)c1nc([C@@H](N)CO)no1. The molecule has 12 nitrogen and oxygen atoms in total. The van der Waals surface area contributed by atoms with Crippen LogP contribution in [0, 0.1) is 0 Å². The van der Waals surface area contributed by atoms with Crippen molar-refractivity contribution in [1.29, 1.82) is 0 Å². The van der Waals surface area contributed by atoms with E-state index in [-0.39, 0.29) is 30.3 Å². The molecule has 2 amide bonds. The first kappa shape index (κ1) is 29.5. The van der Waals surface area contributed by atoms with Gasteiger partial charge in [0.2, 0.25) is 5.89 Å². The summed E-state index contributed by atoms with van der Waals surface area (Å²) in [5.41, 5.74) is 5.69. The number of aliphatic hydroxyl groups is 2. The number of unbranched alkanes of at least 4 members (excludes halogenated alkanes) is 6. The summed E-state index contributed by atoms with van der Waals surface area (Å²) in [6.07, 6.45) is 7.07. The van der Waals surface area contributed by atoms with Crippen LogP contribution in [0.15, 0.2) is 4.52 Å². The summed E-state index contributed by atoms with van der Waals surface area (Å²) in [7, 11) is 0. The molecule has 0 aliphatic heterocycles. The second-order valence-electron chi connectivity index (χ2n) is 8.46. The Morgan fingerprint density at radius 2 is 1.71 bits per heavy atom. The van der Waals surface area contributed by atoms with Crippen LogP contribution >= 0.6 is 0 Å². The Kier molecular flexibility index (Phi) is 14.0. The van der Waals surface area contributed by atoms with E-state index in [0.29, 0.717) is 6.42 Å². The number of nitrogens with two attached hydrogens (primary N) is 1. The number of urea groups is 1. The quantitative estimate of drug-likeness (QED) is 0.166. The smallest absolute Gasteiger partial charge is 0.328 e. The summed E-state index contributed by atoms with van der Waals surface area (Å²) < 4.78 is 5.16. The number of hydrogen-bond donors (Lipinski definition) is 6. The summed E-state index contributed by atoms with van der Waals surface area (Å²) in [5, 5.41) is 36.3. The molecule has 0 bridgehead atoms. The Hall–Kier alpha value is -2.57. The molecule has 1 aromatic heterocycles. The topological polar surface area (TPSA) is 201 Å². The van der Waals surface area contributed by atoms with E-state index in [4.69, 9.17) is 15.4 Å². The zero-order chi connectivity index (χ0) is 25.5. The van der Waals surface area contributed by atoms with E-state index in [0.717, 1.165) is 19.3 Å². The van der Waals surface area contributed by atoms with E-state index < -0.39 is 42.8 Å². The maximum absolute atomic E-state index is 12.4. The van der Waals surface area contributed by atoms with Gasteiger partial charge >= 0.3 is 12.0 Å². The fraction of sp³-hybridized carbons (Fsp3) is 0.773. The first-order valence-electron chi connectivity index (χ1n) is 11.9. The number of Topliss-reactive ketones (excluding diaryl/α,β-unsaturated/α-hetero) is 1. The summed E-state index contributed by atoms with van der Waals surface area (Å²) in [4.78, 5) is 40.0. The van der Waals surface area contributed by atoms with Crippen molar-refractivity contribution < 1.29 is 34.2 Å². The lowest BCUT2D eigenvalue weighted by Crippen LogP contribution is -2.51. The molecule has 194 valence electrons. The maximum atomic E-state index is 12.4. The van der Waals surface area contributed by atoms with Crippen LogP contribution in [-0.4, -0.2) is 62.0 Å². The lowest BCUT2D eigenvalue weighted by atomic mass is 10.0. The summed E-state index contributed by atoms with van der Waals surface area (Å²) >= 11 is 0. The Bertz CT molecular complexity index is 756. The molecule has 4 atom stereocenters. The van der Waals surface area contributed by atoms with Crippen LogP contribution in [0.25, 0.3) is 0 Å². The summed E-state index contributed by atoms with van der Waals surface area (Å²) in [5.74, 6) is -1.37. The van der Waals surface area contributed by atoms with Gasteiger partial charge in [-0.15, -0.1) is 0 Å². The number of aliphatic carboxylic acids is 1. The van der Waals surface area contributed by atoms with Gasteiger partial charge in [0.15, 0.2) is 11.9 Å². The molecule has 12 heteroatoms. The minimum atomic E-state index is -1.53. The van der Waals surface area contributed by atoms with Crippen LogP contribution in [0.1, 0.15) is 102 Å². The standard InChI is InChI=1S/C22H39N5O7/c1-3-4-5-6-7-8-9-10-15(30)11-12-17(20-26-19(27-34-20)16(23)13-28)24-22(33)25-18(14(2)29)21(31)32/h14,16-18,28-29H,3-13,23H2,1-2H3,(H,31,32)(H2,24,25,33)/t14?,16-,17-,18-/m0/s1. The molecular formula is C22H39N5O7. The number of carbonyl (C=O) groups is 3. The number of nitrogens with zero attached hydrogens (tertiary/aromatic N) is 2. The highest BCUT2D eigenvalue weighted by Gasteiger charge is 2.28. The Labute approximate surface area is 199 Å². The largest absolute Gasteiger partial charge is 0.480 e. The zero-order valence-electron chi connectivity index (χ0n) is 20.0. The van der Waals surface area contributed by atoms with E-state index in [1.807, 2.05) is 0 Å². The molecule has 0 radical (unpaired) electrons. The van der Waals surface area contributed by atoms with E-state index in [1.165, 1.54) is 32.6 Å². The number of hydrogen-bond acceptors (Lipinski definition) is 9. The van der Waals surface area contributed by atoms with Gasteiger partial charge in [0.25, 0.3) is 0 Å². The summed E-state index contributed by atoms with van der Waals surface area (Å²) in [6, 6.07) is -4.18. The predicted molar refractivity (Wildman–Crippen MR) is 123 cm³/mol. The zero-order valence-corrected chi connectivity index (χ0v) is 20.0. The minimum absolute atomic E-state index is 0.0262. The number of carboxylic acids is 1. The van der Waals surface area contributed by atoms with E-state index in [9.17, 15) is 24.6 Å². The van der Waals surface area contributed by atoms with Crippen LogP contribution in [-0.2, 0) is 9.59 Å². The molecule has 0 aromatic carbocycles. The molecule has 0 saturated heterocycles. The van der Waals surface area contributed by atoms with Crippen LogP contribution in [0.3, 0.4) is 0 Å². The molecule has 0 spiro atoms. The number of carbonyl (C=O) groups excluding carboxylic acids is 2. The third kappa shape index (κ3) is 11.0. The number of nitrogens with one attached hydrogen (secondary N) is 2. The van der Waals surface area contributed by atoms with Crippen LogP contribution in [0.4, 0.5) is 4.79 Å². The maximum Gasteiger partial charge on any atom is 0.328 e. The van der Waals surface area contributed by atoms with Gasteiger partial charge in [-0.3, -0.25) is 4.79 Å². The van der Waals surface area contributed by atoms with Gasteiger partial charge in [-0.1, -0.05) is 50.6 Å². The Balaban J connectivity index is 2.69. The van der Waals surface area contributed by atoms with Crippen molar-refractivity contribution in [3.63, 3.8) is 0 Å². The van der Waals surface area contributed by atoms with E-state index in [2.05, 4.69) is 27.7 Å². The number of carboxylic acid groups (broad SMARTS) is 1. The minimum Gasteiger partial charge on any atom is -0.480 e. The molecule has 0 aliphatic rings. The predicted octanol–water partition coefficient (Wildman–Crippen LogP) is 1.73. The van der Waals surface area contributed by atoms with Crippen molar-refractivity contribution in [3.8, 4) is 0 Å².